The minimum Gasteiger partial charge on any atom is -0.488 e. The standard InChI is InChI=1S/C20H21ClO4S/c1-12-8-15(13-6-7-13)19(9-17(12)21)24-10-16-14(11-26)4-3-5-18(16)25-20(22)23-2/h3-5,8-9,13,26H,6-7,10-11H2,1-2H3. The van der Waals surface area contributed by atoms with Crippen LogP contribution in [-0.4, -0.2) is 13.3 Å². The third-order valence-electron chi connectivity index (χ3n) is 4.44. The second kappa shape index (κ2) is 8.23. The predicted molar refractivity (Wildman–Crippen MR) is 105 cm³/mol. The summed E-state index contributed by atoms with van der Waals surface area (Å²) in [6, 6.07) is 9.43. The third kappa shape index (κ3) is 4.27. The lowest BCUT2D eigenvalue weighted by Crippen LogP contribution is -2.11. The first kappa shape index (κ1) is 18.9. The zero-order chi connectivity index (χ0) is 18.7. The molecular weight excluding hydrogens is 372 g/mol. The first-order valence-corrected chi connectivity index (χ1v) is 9.44. The van der Waals surface area contributed by atoms with Crippen LogP contribution in [0.3, 0.4) is 0 Å². The van der Waals surface area contributed by atoms with Gasteiger partial charge >= 0.3 is 6.16 Å². The molecule has 0 unspecified atom stereocenters. The molecule has 0 radical (unpaired) electrons. The van der Waals surface area contributed by atoms with E-state index in [1.54, 1.807) is 6.07 Å². The van der Waals surface area contributed by atoms with Crippen LogP contribution in [0.4, 0.5) is 4.79 Å². The molecule has 1 fully saturated rings. The predicted octanol–water partition coefficient (Wildman–Crippen LogP) is 5.68. The van der Waals surface area contributed by atoms with Crippen LogP contribution in [0.1, 0.15) is 41.0 Å². The van der Waals surface area contributed by atoms with E-state index in [1.165, 1.54) is 25.5 Å². The maximum atomic E-state index is 11.5. The Morgan fingerprint density at radius 3 is 2.69 bits per heavy atom. The molecule has 2 aromatic rings. The van der Waals surface area contributed by atoms with Crippen LogP contribution < -0.4 is 9.47 Å². The Morgan fingerprint density at radius 1 is 1.27 bits per heavy atom. The van der Waals surface area contributed by atoms with Crippen molar-refractivity contribution in [3.05, 3.63) is 57.6 Å². The zero-order valence-corrected chi connectivity index (χ0v) is 16.4. The second-order valence-electron chi connectivity index (χ2n) is 6.31. The molecule has 0 aliphatic heterocycles. The molecule has 0 N–H and O–H groups in total. The molecule has 0 spiro atoms. The van der Waals surface area contributed by atoms with Gasteiger partial charge in [-0.05, 0) is 54.5 Å². The van der Waals surface area contributed by atoms with Gasteiger partial charge in [-0.15, -0.1) is 0 Å². The van der Waals surface area contributed by atoms with Gasteiger partial charge in [0.2, 0.25) is 0 Å². The van der Waals surface area contributed by atoms with Gasteiger partial charge in [-0.1, -0.05) is 29.8 Å². The van der Waals surface area contributed by atoms with Crippen LogP contribution in [0.2, 0.25) is 5.02 Å². The fraction of sp³-hybridized carbons (Fsp3) is 0.350. The highest BCUT2D eigenvalue weighted by atomic mass is 35.5. The van der Waals surface area contributed by atoms with Gasteiger partial charge in [0, 0.05) is 16.3 Å². The third-order valence-corrected chi connectivity index (χ3v) is 5.19. The Hall–Kier alpha value is -1.85. The van der Waals surface area contributed by atoms with Gasteiger partial charge in [0.1, 0.15) is 18.1 Å². The normalized spacial score (nSPS) is 13.4. The van der Waals surface area contributed by atoms with E-state index in [2.05, 4.69) is 23.4 Å². The molecule has 0 amide bonds. The maximum absolute atomic E-state index is 11.5. The molecule has 4 nitrogen and oxygen atoms in total. The van der Waals surface area contributed by atoms with Gasteiger partial charge < -0.3 is 14.2 Å². The van der Waals surface area contributed by atoms with Crippen molar-refractivity contribution in [3.8, 4) is 11.5 Å². The molecule has 1 aliphatic carbocycles. The Bertz CT molecular complexity index is 818. The fourth-order valence-corrected chi connectivity index (χ4v) is 3.27. The Balaban J connectivity index is 1.88. The number of hydrogen-bond acceptors (Lipinski definition) is 5. The summed E-state index contributed by atoms with van der Waals surface area (Å²) >= 11 is 10.7. The van der Waals surface area contributed by atoms with E-state index in [0.29, 0.717) is 22.4 Å². The molecule has 138 valence electrons. The molecule has 0 heterocycles. The average Bonchev–Trinajstić information content (AvgIpc) is 3.47. The SMILES string of the molecule is COC(=O)Oc1cccc(CS)c1COc1cc(Cl)c(C)cc1C1CC1. The van der Waals surface area contributed by atoms with Crippen molar-refractivity contribution < 1.29 is 19.0 Å². The first-order chi connectivity index (χ1) is 12.5. The molecule has 0 saturated heterocycles. The topological polar surface area (TPSA) is 44.8 Å². The summed E-state index contributed by atoms with van der Waals surface area (Å²) in [7, 11) is 1.27. The molecule has 2 aromatic carbocycles. The van der Waals surface area contributed by atoms with Crippen LogP contribution in [0, 0.1) is 6.92 Å². The highest BCUT2D eigenvalue weighted by Gasteiger charge is 2.28. The zero-order valence-electron chi connectivity index (χ0n) is 14.8. The van der Waals surface area contributed by atoms with Gasteiger partial charge in [-0.25, -0.2) is 4.79 Å². The van der Waals surface area contributed by atoms with Gasteiger partial charge in [0.25, 0.3) is 0 Å². The largest absolute Gasteiger partial charge is 0.513 e. The summed E-state index contributed by atoms with van der Waals surface area (Å²) in [4.78, 5) is 11.5. The molecule has 1 aliphatic rings. The van der Waals surface area contributed by atoms with Crippen molar-refractivity contribution >= 4 is 30.4 Å². The highest BCUT2D eigenvalue weighted by molar-refractivity contribution is 7.79. The summed E-state index contributed by atoms with van der Waals surface area (Å²) < 4.78 is 16.0. The van der Waals surface area contributed by atoms with E-state index in [0.717, 1.165) is 22.4 Å². The molecule has 0 atom stereocenters. The van der Waals surface area contributed by atoms with Crippen molar-refractivity contribution in [1.82, 2.24) is 0 Å². The quantitative estimate of drug-likeness (QED) is 0.390. The monoisotopic (exact) mass is 392 g/mol. The van der Waals surface area contributed by atoms with Gasteiger partial charge in [0.15, 0.2) is 0 Å². The van der Waals surface area contributed by atoms with Crippen molar-refractivity contribution in [1.29, 1.82) is 0 Å². The summed E-state index contributed by atoms with van der Waals surface area (Å²) in [5.41, 5.74) is 3.93. The highest BCUT2D eigenvalue weighted by Crippen LogP contribution is 2.46. The lowest BCUT2D eigenvalue weighted by Gasteiger charge is -2.17. The lowest BCUT2D eigenvalue weighted by molar-refractivity contribution is 0.120. The number of carbonyl (C=O) groups is 1. The van der Waals surface area contributed by atoms with E-state index in [1.807, 2.05) is 25.1 Å². The minimum atomic E-state index is -0.764. The molecule has 26 heavy (non-hydrogen) atoms. The number of thiol groups is 1. The smallest absolute Gasteiger partial charge is 0.488 e. The van der Waals surface area contributed by atoms with Gasteiger partial charge in [-0.3, -0.25) is 0 Å². The van der Waals surface area contributed by atoms with Crippen LogP contribution >= 0.6 is 24.2 Å². The fourth-order valence-electron chi connectivity index (χ4n) is 2.82. The summed E-state index contributed by atoms with van der Waals surface area (Å²) in [5, 5.41) is 0.679. The number of aryl methyl sites for hydroxylation is 1. The lowest BCUT2D eigenvalue weighted by atomic mass is 10.1. The van der Waals surface area contributed by atoms with E-state index in [4.69, 9.17) is 21.1 Å². The number of halogens is 1. The van der Waals surface area contributed by atoms with Crippen LogP contribution in [-0.2, 0) is 17.1 Å². The average molecular weight is 393 g/mol. The molecule has 0 bridgehead atoms. The van der Waals surface area contributed by atoms with E-state index >= 15 is 0 Å². The van der Waals surface area contributed by atoms with Crippen LogP contribution in [0.5, 0.6) is 11.5 Å². The number of carbonyl (C=O) groups excluding carboxylic acids is 1. The van der Waals surface area contributed by atoms with Gasteiger partial charge in [-0.2, -0.15) is 12.6 Å². The summed E-state index contributed by atoms with van der Waals surface area (Å²) in [6.45, 7) is 2.25. The summed E-state index contributed by atoms with van der Waals surface area (Å²) in [5.74, 6) is 2.23. The number of hydrogen-bond donors (Lipinski definition) is 1. The number of rotatable bonds is 6. The number of ether oxygens (including phenoxy) is 3. The van der Waals surface area contributed by atoms with Crippen molar-refractivity contribution in [3.63, 3.8) is 0 Å². The van der Waals surface area contributed by atoms with Crippen molar-refractivity contribution in [2.24, 2.45) is 0 Å². The number of benzene rings is 2. The molecule has 6 heteroatoms. The molecular formula is C20H21ClO4S. The molecule has 3 rings (SSSR count). The van der Waals surface area contributed by atoms with Crippen molar-refractivity contribution in [2.75, 3.05) is 7.11 Å². The van der Waals surface area contributed by atoms with E-state index in [9.17, 15) is 4.79 Å². The van der Waals surface area contributed by atoms with Crippen molar-refractivity contribution in [2.45, 2.75) is 38.0 Å². The Morgan fingerprint density at radius 2 is 2.04 bits per heavy atom. The van der Waals surface area contributed by atoms with E-state index < -0.39 is 6.16 Å². The second-order valence-corrected chi connectivity index (χ2v) is 7.03. The number of methoxy groups -OCH3 is 1. The van der Waals surface area contributed by atoms with E-state index in [-0.39, 0.29) is 6.61 Å². The Labute approximate surface area is 163 Å². The maximum Gasteiger partial charge on any atom is 0.513 e. The minimum absolute atomic E-state index is 0.252. The molecule has 1 saturated carbocycles. The first-order valence-electron chi connectivity index (χ1n) is 8.43. The molecule has 0 aromatic heterocycles. The van der Waals surface area contributed by atoms with Crippen LogP contribution in [0.25, 0.3) is 0 Å². The Kier molecular flexibility index (Phi) is 5.99. The summed E-state index contributed by atoms with van der Waals surface area (Å²) in [6.07, 6.45) is 1.57. The van der Waals surface area contributed by atoms with Gasteiger partial charge in [0.05, 0.1) is 7.11 Å². The van der Waals surface area contributed by atoms with Crippen LogP contribution in [0.15, 0.2) is 30.3 Å².